The van der Waals surface area contributed by atoms with Crippen molar-refractivity contribution in [3.63, 3.8) is 0 Å². The minimum Gasteiger partial charge on any atom is -0.310 e. The first kappa shape index (κ1) is 20.5. The van der Waals surface area contributed by atoms with Crippen LogP contribution in [0.15, 0.2) is 5.10 Å². The molecule has 0 aliphatic heterocycles. The van der Waals surface area contributed by atoms with Crippen LogP contribution in [0.2, 0.25) is 0 Å². The SMILES string of the molecule is CCC=NNCCCCCCCCCCCCCCCC. The normalized spacial score (nSPS) is 11.3. The van der Waals surface area contributed by atoms with Gasteiger partial charge in [0.05, 0.1) is 0 Å². The number of hydrogen-bond donors (Lipinski definition) is 1. The Morgan fingerprint density at radius 2 is 1.05 bits per heavy atom. The van der Waals surface area contributed by atoms with Gasteiger partial charge in [-0.25, -0.2) is 0 Å². The van der Waals surface area contributed by atoms with E-state index in [0.29, 0.717) is 0 Å². The van der Waals surface area contributed by atoms with Gasteiger partial charge in [0.2, 0.25) is 0 Å². The first-order valence-corrected chi connectivity index (χ1v) is 9.66. The number of rotatable bonds is 17. The predicted octanol–water partition coefficient (Wildman–Crippen LogP) is 6.45. The summed E-state index contributed by atoms with van der Waals surface area (Å²) in [4.78, 5) is 0. The topological polar surface area (TPSA) is 24.4 Å². The highest BCUT2D eigenvalue weighted by Crippen LogP contribution is 2.12. The molecular weight excluding hydrogens is 256 g/mol. The third kappa shape index (κ3) is 19.5. The summed E-state index contributed by atoms with van der Waals surface area (Å²) in [6.07, 6.45) is 22.9. The molecule has 0 saturated carbocycles. The molecule has 0 aromatic heterocycles. The largest absolute Gasteiger partial charge is 0.310 e. The molecule has 1 N–H and O–H groups in total. The monoisotopic (exact) mass is 296 g/mol. The Hall–Kier alpha value is -0.530. The van der Waals surface area contributed by atoms with Crippen LogP contribution in [0.1, 0.15) is 110 Å². The molecule has 0 aliphatic rings. The van der Waals surface area contributed by atoms with Crippen LogP contribution in [0.25, 0.3) is 0 Å². The zero-order valence-corrected chi connectivity index (χ0v) is 14.8. The smallest absolute Gasteiger partial charge is 0.0329 e. The summed E-state index contributed by atoms with van der Waals surface area (Å²) >= 11 is 0. The van der Waals surface area contributed by atoms with E-state index in [2.05, 4.69) is 24.4 Å². The van der Waals surface area contributed by atoms with Crippen molar-refractivity contribution in [2.45, 2.75) is 110 Å². The second kappa shape index (κ2) is 19.5. The van der Waals surface area contributed by atoms with E-state index in [-0.39, 0.29) is 0 Å². The Labute approximate surface area is 134 Å². The van der Waals surface area contributed by atoms with Crippen molar-refractivity contribution in [3.05, 3.63) is 0 Å². The van der Waals surface area contributed by atoms with Crippen LogP contribution in [0.4, 0.5) is 0 Å². The summed E-state index contributed by atoms with van der Waals surface area (Å²) in [5.41, 5.74) is 3.10. The van der Waals surface area contributed by atoms with Crippen molar-refractivity contribution in [2.24, 2.45) is 5.10 Å². The van der Waals surface area contributed by atoms with Crippen molar-refractivity contribution in [3.8, 4) is 0 Å². The summed E-state index contributed by atoms with van der Waals surface area (Å²) in [6.45, 7) is 5.43. The number of nitrogens with one attached hydrogen (secondary N) is 1. The molecule has 0 fully saturated rings. The lowest BCUT2D eigenvalue weighted by atomic mass is 10.0. The van der Waals surface area contributed by atoms with Crippen LogP contribution < -0.4 is 5.43 Å². The van der Waals surface area contributed by atoms with Crippen LogP contribution in [0.3, 0.4) is 0 Å². The van der Waals surface area contributed by atoms with Crippen LogP contribution in [0, 0.1) is 0 Å². The molecule has 0 bridgehead atoms. The molecule has 126 valence electrons. The summed E-state index contributed by atoms with van der Waals surface area (Å²) in [7, 11) is 0. The molecule has 0 aromatic carbocycles. The minimum absolute atomic E-state index is 1.02. The van der Waals surface area contributed by atoms with Gasteiger partial charge in [-0.15, -0.1) is 0 Å². The summed E-state index contributed by atoms with van der Waals surface area (Å²) in [5, 5.41) is 4.11. The maximum absolute atomic E-state index is 4.11. The van der Waals surface area contributed by atoms with Gasteiger partial charge >= 0.3 is 0 Å². The average molecular weight is 297 g/mol. The third-order valence-corrected chi connectivity index (χ3v) is 4.01. The molecule has 21 heavy (non-hydrogen) atoms. The van der Waals surface area contributed by atoms with E-state index in [9.17, 15) is 0 Å². The minimum atomic E-state index is 1.02. The van der Waals surface area contributed by atoms with E-state index in [1.54, 1.807) is 0 Å². The van der Waals surface area contributed by atoms with E-state index in [0.717, 1.165) is 13.0 Å². The van der Waals surface area contributed by atoms with E-state index in [1.807, 2.05) is 6.21 Å². The Morgan fingerprint density at radius 3 is 1.48 bits per heavy atom. The molecule has 0 spiro atoms. The lowest BCUT2D eigenvalue weighted by Crippen LogP contribution is -2.07. The molecule has 0 amide bonds. The molecule has 0 unspecified atom stereocenters. The Kier molecular flexibility index (Phi) is 19.0. The number of hydrogen-bond acceptors (Lipinski definition) is 2. The lowest BCUT2D eigenvalue weighted by Gasteiger charge is -2.03. The molecule has 0 saturated heterocycles. The Bertz CT molecular complexity index is 202. The van der Waals surface area contributed by atoms with Crippen molar-refractivity contribution in [2.75, 3.05) is 6.54 Å². The van der Waals surface area contributed by atoms with Crippen molar-refractivity contribution in [1.82, 2.24) is 5.43 Å². The van der Waals surface area contributed by atoms with Crippen LogP contribution in [0.5, 0.6) is 0 Å². The summed E-state index contributed by atoms with van der Waals surface area (Å²) in [5.74, 6) is 0. The lowest BCUT2D eigenvalue weighted by molar-refractivity contribution is 0.531. The van der Waals surface area contributed by atoms with Gasteiger partial charge in [-0.05, 0) is 12.8 Å². The number of unbranched alkanes of at least 4 members (excludes halogenated alkanes) is 13. The standard InChI is InChI=1S/C19H40N2/c1-3-5-6-7-8-9-10-11-12-13-14-15-16-17-19-21-20-18-4-2/h18,21H,3-17,19H2,1-2H3. The molecule has 2 nitrogen and oxygen atoms in total. The van der Waals surface area contributed by atoms with Gasteiger partial charge in [0.15, 0.2) is 0 Å². The fourth-order valence-corrected chi connectivity index (χ4v) is 2.62. The quantitative estimate of drug-likeness (QED) is 0.186. The summed E-state index contributed by atoms with van der Waals surface area (Å²) in [6, 6.07) is 0. The van der Waals surface area contributed by atoms with Crippen LogP contribution in [-0.2, 0) is 0 Å². The van der Waals surface area contributed by atoms with Crippen molar-refractivity contribution in [1.29, 1.82) is 0 Å². The van der Waals surface area contributed by atoms with Crippen molar-refractivity contribution >= 4 is 6.21 Å². The molecule has 0 heterocycles. The highest BCUT2D eigenvalue weighted by molar-refractivity contribution is 5.55. The zero-order valence-electron chi connectivity index (χ0n) is 14.8. The fraction of sp³-hybridized carbons (Fsp3) is 0.947. The van der Waals surface area contributed by atoms with Gasteiger partial charge in [0.1, 0.15) is 0 Å². The van der Waals surface area contributed by atoms with Crippen molar-refractivity contribution < 1.29 is 0 Å². The predicted molar refractivity (Wildman–Crippen MR) is 97.1 cm³/mol. The number of hydrazone groups is 1. The highest BCUT2D eigenvalue weighted by Gasteiger charge is 1.93. The molecular formula is C19H40N2. The second-order valence-corrected chi connectivity index (χ2v) is 6.22. The maximum Gasteiger partial charge on any atom is 0.0329 e. The van der Waals surface area contributed by atoms with Crippen LogP contribution >= 0.6 is 0 Å². The molecule has 0 rings (SSSR count). The highest BCUT2D eigenvalue weighted by atomic mass is 15.3. The van der Waals surface area contributed by atoms with Crippen LogP contribution in [-0.4, -0.2) is 12.8 Å². The second-order valence-electron chi connectivity index (χ2n) is 6.22. The Balaban J connectivity index is 2.95. The zero-order chi connectivity index (χ0) is 15.4. The van der Waals surface area contributed by atoms with Gasteiger partial charge in [0, 0.05) is 12.8 Å². The number of nitrogens with zero attached hydrogens (tertiary/aromatic N) is 1. The molecule has 0 atom stereocenters. The van der Waals surface area contributed by atoms with E-state index < -0.39 is 0 Å². The van der Waals surface area contributed by atoms with E-state index in [1.165, 1.54) is 89.9 Å². The molecule has 0 radical (unpaired) electrons. The van der Waals surface area contributed by atoms with Gasteiger partial charge in [0.25, 0.3) is 0 Å². The Morgan fingerprint density at radius 1 is 0.619 bits per heavy atom. The third-order valence-electron chi connectivity index (χ3n) is 4.01. The molecule has 0 aliphatic carbocycles. The van der Waals surface area contributed by atoms with E-state index >= 15 is 0 Å². The van der Waals surface area contributed by atoms with Gasteiger partial charge in [-0.2, -0.15) is 5.10 Å². The first-order valence-electron chi connectivity index (χ1n) is 9.66. The first-order chi connectivity index (χ1) is 10.4. The van der Waals surface area contributed by atoms with E-state index in [4.69, 9.17) is 0 Å². The molecule has 0 aromatic rings. The maximum atomic E-state index is 4.11. The average Bonchev–Trinajstić information content (AvgIpc) is 2.50. The van der Waals surface area contributed by atoms with Gasteiger partial charge in [-0.1, -0.05) is 97.3 Å². The van der Waals surface area contributed by atoms with Gasteiger partial charge in [-0.3, -0.25) is 0 Å². The fourth-order valence-electron chi connectivity index (χ4n) is 2.62. The van der Waals surface area contributed by atoms with Gasteiger partial charge < -0.3 is 5.43 Å². The molecule has 2 heteroatoms. The summed E-state index contributed by atoms with van der Waals surface area (Å²) < 4.78 is 0.